The van der Waals surface area contributed by atoms with E-state index in [0.717, 1.165) is 37.9 Å². The van der Waals surface area contributed by atoms with Crippen LogP contribution in [0.4, 0.5) is 5.82 Å². The van der Waals surface area contributed by atoms with E-state index in [2.05, 4.69) is 14.7 Å². The number of anilines is 1. The zero-order chi connectivity index (χ0) is 23.0. The predicted octanol–water partition coefficient (Wildman–Crippen LogP) is 3.90. The number of rotatable bonds is 5. The highest BCUT2D eigenvalue weighted by molar-refractivity contribution is 7.92. The average molecular weight is 474 g/mol. The van der Waals surface area contributed by atoms with Crippen molar-refractivity contribution < 1.29 is 13.2 Å². The van der Waals surface area contributed by atoms with Gasteiger partial charge in [0.05, 0.1) is 11.4 Å². The van der Waals surface area contributed by atoms with Gasteiger partial charge >= 0.3 is 0 Å². The third kappa shape index (κ3) is 4.29. The standard InChI is InChI=1S/C22H27N5O3S2/c1-14-8-9-23-19(12-14)25-32(29,30)18-13-17(26(4)16(18)3)21-24-15(2)20(31-21)22(28)27-10-6-5-7-11-27/h8-9,12-13H,5-7,10-11H2,1-4H3,(H,23,25). The van der Waals surface area contributed by atoms with Crippen molar-refractivity contribution in [1.82, 2.24) is 19.4 Å². The lowest BCUT2D eigenvalue weighted by molar-refractivity contribution is 0.0728. The van der Waals surface area contributed by atoms with E-state index >= 15 is 0 Å². The minimum absolute atomic E-state index is 0.0110. The molecule has 1 saturated heterocycles. The first kappa shape index (κ1) is 22.5. The molecule has 1 amide bonds. The van der Waals surface area contributed by atoms with Gasteiger partial charge in [0.25, 0.3) is 15.9 Å². The fraction of sp³-hybridized carbons (Fsp3) is 0.409. The third-order valence-electron chi connectivity index (χ3n) is 5.79. The van der Waals surface area contributed by atoms with Crippen LogP contribution in [0.1, 0.15) is 45.9 Å². The number of hydrogen-bond donors (Lipinski definition) is 1. The van der Waals surface area contributed by atoms with E-state index in [-0.39, 0.29) is 16.6 Å². The number of sulfonamides is 1. The molecule has 0 spiro atoms. The average Bonchev–Trinajstić information content (AvgIpc) is 3.28. The van der Waals surface area contributed by atoms with Crippen molar-refractivity contribution in [1.29, 1.82) is 0 Å². The van der Waals surface area contributed by atoms with Gasteiger partial charge in [-0.3, -0.25) is 9.52 Å². The van der Waals surface area contributed by atoms with Gasteiger partial charge in [-0.2, -0.15) is 0 Å². The Hall–Kier alpha value is -2.72. The van der Waals surface area contributed by atoms with Crippen LogP contribution in [0, 0.1) is 20.8 Å². The Morgan fingerprint density at radius 3 is 2.53 bits per heavy atom. The van der Waals surface area contributed by atoms with Gasteiger partial charge in [-0.05, 0) is 63.8 Å². The molecule has 4 rings (SSSR count). The number of carbonyl (C=O) groups excluding carboxylic acids is 1. The number of piperidine rings is 1. The van der Waals surface area contributed by atoms with Crippen LogP contribution in [0.25, 0.3) is 10.7 Å². The summed E-state index contributed by atoms with van der Waals surface area (Å²) in [5.41, 5.74) is 2.82. The van der Waals surface area contributed by atoms with Crippen molar-refractivity contribution in [3.63, 3.8) is 0 Å². The number of aryl methyl sites for hydroxylation is 2. The predicted molar refractivity (Wildman–Crippen MR) is 126 cm³/mol. The van der Waals surface area contributed by atoms with E-state index in [1.54, 1.807) is 42.9 Å². The SMILES string of the molecule is Cc1ccnc(NS(=O)(=O)c2cc(-c3nc(C)c(C(=O)N4CCCCC4)s3)n(C)c2C)c1. The minimum atomic E-state index is -3.84. The van der Waals surface area contributed by atoms with Crippen LogP contribution in [0.15, 0.2) is 29.3 Å². The van der Waals surface area contributed by atoms with E-state index in [4.69, 9.17) is 0 Å². The fourth-order valence-corrected chi connectivity index (χ4v) is 6.25. The van der Waals surface area contributed by atoms with Gasteiger partial charge in [-0.1, -0.05) is 0 Å². The summed E-state index contributed by atoms with van der Waals surface area (Å²) in [7, 11) is -2.04. The highest BCUT2D eigenvalue weighted by Gasteiger charge is 2.27. The summed E-state index contributed by atoms with van der Waals surface area (Å²) in [6.45, 7) is 7.00. The molecular formula is C22H27N5O3S2. The molecule has 1 N–H and O–H groups in total. The summed E-state index contributed by atoms with van der Waals surface area (Å²) in [6.07, 6.45) is 4.77. The lowest BCUT2D eigenvalue weighted by Gasteiger charge is -2.26. The van der Waals surface area contributed by atoms with Crippen LogP contribution in [0.5, 0.6) is 0 Å². The molecule has 10 heteroatoms. The first-order chi connectivity index (χ1) is 15.2. The van der Waals surface area contributed by atoms with Crippen molar-refractivity contribution in [2.45, 2.75) is 44.9 Å². The Bertz CT molecular complexity index is 1270. The van der Waals surface area contributed by atoms with Crippen LogP contribution in [0.3, 0.4) is 0 Å². The van der Waals surface area contributed by atoms with E-state index in [1.165, 1.54) is 11.3 Å². The van der Waals surface area contributed by atoms with Crippen molar-refractivity contribution in [2.24, 2.45) is 7.05 Å². The quantitative estimate of drug-likeness (QED) is 0.606. The molecule has 1 aliphatic rings. The lowest BCUT2D eigenvalue weighted by atomic mass is 10.1. The summed E-state index contributed by atoms with van der Waals surface area (Å²) in [5.74, 6) is 0.284. The Morgan fingerprint density at radius 2 is 1.84 bits per heavy atom. The van der Waals surface area contributed by atoms with Gasteiger partial charge in [-0.25, -0.2) is 18.4 Å². The van der Waals surface area contributed by atoms with Crippen LogP contribution in [-0.2, 0) is 17.1 Å². The Labute approximate surface area is 192 Å². The number of carbonyl (C=O) groups is 1. The minimum Gasteiger partial charge on any atom is -0.345 e. The molecular weight excluding hydrogens is 446 g/mol. The van der Waals surface area contributed by atoms with Gasteiger partial charge < -0.3 is 9.47 Å². The lowest BCUT2D eigenvalue weighted by Crippen LogP contribution is -2.35. The maximum Gasteiger partial charge on any atom is 0.265 e. The van der Waals surface area contributed by atoms with Gasteiger partial charge in [0.2, 0.25) is 0 Å². The van der Waals surface area contributed by atoms with Crippen molar-refractivity contribution in [2.75, 3.05) is 17.8 Å². The van der Waals surface area contributed by atoms with E-state index in [9.17, 15) is 13.2 Å². The normalized spacial score (nSPS) is 14.6. The number of nitrogens with one attached hydrogen (secondary N) is 1. The highest BCUT2D eigenvalue weighted by Crippen LogP contribution is 2.33. The molecule has 1 aliphatic heterocycles. The molecule has 3 aromatic rings. The molecule has 32 heavy (non-hydrogen) atoms. The second kappa shape index (κ2) is 8.67. The van der Waals surface area contributed by atoms with E-state index in [0.29, 0.717) is 27.0 Å². The summed E-state index contributed by atoms with van der Waals surface area (Å²) >= 11 is 1.32. The summed E-state index contributed by atoms with van der Waals surface area (Å²) in [4.78, 5) is 24.4. The molecule has 0 saturated carbocycles. The summed E-state index contributed by atoms with van der Waals surface area (Å²) < 4.78 is 30.5. The Morgan fingerprint density at radius 1 is 1.12 bits per heavy atom. The molecule has 0 atom stereocenters. The van der Waals surface area contributed by atoms with Crippen LogP contribution in [0.2, 0.25) is 0 Å². The number of hydrogen-bond acceptors (Lipinski definition) is 6. The van der Waals surface area contributed by atoms with Crippen LogP contribution in [-0.4, -0.2) is 46.8 Å². The first-order valence-electron chi connectivity index (χ1n) is 10.6. The molecule has 4 heterocycles. The first-order valence-corrected chi connectivity index (χ1v) is 12.9. The third-order valence-corrected chi connectivity index (χ3v) is 8.42. The van der Waals surface area contributed by atoms with Crippen LogP contribution >= 0.6 is 11.3 Å². The number of likely N-dealkylation sites (tertiary alicyclic amines) is 1. The molecule has 0 radical (unpaired) electrons. The smallest absolute Gasteiger partial charge is 0.265 e. The van der Waals surface area contributed by atoms with Crippen molar-refractivity contribution in [3.8, 4) is 10.7 Å². The van der Waals surface area contributed by atoms with Gasteiger partial charge in [-0.15, -0.1) is 11.3 Å². The van der Waals surface area contributed by atoms with Gasteiger partial charge in [0, 0.05) is 32.0 Å². The maximum absolute atomic E-state index is 13.1. The molecule has 3 aromatic heterocycles. The number of pyridine rings is 1. The second-order valence-electron chi connectivity index (χ2n) is 8.15. The Kier molecular flexibility index (Phi) is 6.09. The highest BCUT2D eigenvalue weighted by atomic mass is 32.2. The molecule has 8 nitrogen and oxygen atoms in total. The molecule has 0 aromatic carbocycles. The monoisotopic (exact) mass is 473 g/mol. The Balaban J connectivity index is 1.66. The van der Waals surface area contributed by atoms with E-state index in [1.807, 2.05) is 18.7 Å². The summed E-state index contributed by atoms with van der Waals surface area (Å²) in [6, 6.07) is 5.09. The molecule has 1 fully saturated rings. The molecule has 170 valence electrons. The van der Waals surface area contributed by atoms with E-state index < -0.39 is 10.0 Å². The topological polar surface area (TPSA) is 97.2 Å². The number of thiazole rings is 1. The van der Waals surface area contributed by atoms with Gasteiger partial charge in [0.1, 0.15) is 20.6 Å². The largest absolute Gasteiger partial charge is 0.345 e. The molecule has 0 bridgehead atoms. The zero-order valence-corrected chi connectivity index (χ0v) is 20.3. The number of nitrogens with zero attached hydrogens (tertiary/aromatic N) is 4. The van der Waals surface area contributed by atoms with Crippen molar-refractivity contribution in [3.05, 3.63) is 46.2 Å². The van der Waals surface area contributed by atoms with Crippen LogP contribution < -0.4 is 4.72 Å². The number of amides is 1. The second-order valence-corrected chi connectivity index (χ2v) is 10.8. The maximum atomic E-state index is 13.1. The van der Waals surface area contributed by atoms with Crippen molar-refractivity contribution >= 4 is 33.1 Å². The van der Waals surface area contributed by atoms with Gasteiger partial charge in [0.15, 0.2) is 0 Å². The molecule has 0 unspecified atom stereocenters. The molecule has 0 aliphatic carbocycles. The summed E-state index contributed by atoms with van der Waals surface area (Å²) in [5, 5.41) is 0.628. The fourth-order valence-electron chi connectivity index (χ4n) is 3.88. The zero-order valence-electron chi connectivity index (χ0n) is 18.7. The number of aromatic nitrogens is 3.